The van der Waals surface area contributed by atoms with Crippen LogP contribution < -0.4 is 14.8 Å². The van der Waals surface area contributed by atoms with Crippen molar-refractivity contribution in [3.63, 3.8) is 0 Å². The molecule has 0 radical (unpaired) electrons. The second-order valence-corrected chi connectivity index (χ2v) is 8.36. The zero-order valence-electron chi connectivity index (χ0n) is 20.2. The van der Waals surface area contributed by atoms with Gasteiger partial charge in [0.1, 0.15) is 6.04 Å². The van der Waals surface area contributed by atoms with Crippen LogP contribution in [-0.2, 0) is 17.8 Å². The quantitative estimate of drug-likeness (QED) is 0.248. The van der Waals surface area contributed by atoms with E-state index in [0.717, 1.165) is 27.7 Å². The van der Waals surface area contributed by atoms with Crippen molar-refractivity contribution in [3.8, 4) is 23.2 Å². The first-order valence-corrected chi connectivity index (χ1v) is 11.9. The molecule has 10 nitrogen and oxygen atoms in total. The van der Waals surface area contributed by atoms with Crippen molar-refractivity contribution < 1.29 is 19.4 Å². The Morgan fingerprint density at radius 2 is 1.89 bits per heavy atom. The van der Waals surface area contributed by atoms with Crippen LogP contribution in [0.5, 0.6) is 17.5 Å². The van der Waals surface area contributed by atoms with E-state index in [2.05, 4.69) is 25.8 Å². The maximum absolute atomic E-state index is 12.0. The third kappa shape index (κ3) is 5.44. The van der Waals surface area contributed by atoms with Gasteiger partial charge < -0.3 is 24.9 Å². The van der Waals surface area contributed by atoms with Crippen molar-refractivity contribution in [2.24, 2.45) is 0 Å². The van der Waals surface area contributed by atoms with E-state index < -0.39 is 12.0 Å². The number of carboxylic acid groups (broad SMARTS) is 1. The van der Waals surface area contributed by atoms with E-state index in [4.69, 9.17) is 9.47 Å². The second-order valence-electron chi connectivity index (χ2n) is 8.36. The van der Waals surface area contributed by atoms with E-state index in [1.54, 1.807) is 6.07 Å². The number of ether oxygens (including phenoxy) is 2. The molecule has 0 fully saturated rings. The average molecular weight is 499 g/mol. The highest BCUT2D eigenvalue weighted by atomic mass is 16.5. The molecule has 0 saturated heterocycles. The van der Waals surface area contributed by atoms with Gasteiger partial charge in [0.2, 0.25) is 0 Å². The van der Waals surface area contributed by atoms with Gasteiger partial charge in [0.25, 0.3) is 0 Å². The summed E-state index contributed by atoms with van der Waals surface area (Å²) in [6, 6.07) is 22.1. The first-order chi connectivity index (χ1) is 18.1. The fraction of sp³-hybridized carbons (Fsp3) is 0.185. The molecule has 2 aromatic heterocycles. The number of carbonyl (C=O) groups is 1. The highest BCUT2D eigenvalue weighted by Crippen LogP contribution is 2.32. The topological polar surface area (TPSA) is 127 Å². The molecule has 0 saturated carbocycles. The molecule has 0 amide bonds. The molecule has 0 spiro atoms. The summed E-state index contributed by atoms with van der Waals surface area (Å²) in [5, 5.41) is 25.7. The Morgan fingerprint density at radius 1 is 1.08 bits per heavy atom. The maximum atomic E-state index is 12.0. The molecule has 5 aromatic rings. The van der Waals surface area contributed by atoms with Crippen LogP contribution in [0.4, 0.5) is 0 Å². The molecular formula is C27H26N6O4. The zero-order valence-corrected chi connectivity index (χ0v) is 20.2. The van der Waals surface area contributed by atoms with Crippen LogP contribution in [-0.4, -0.2) is 48.9 Å². The van der Waals surface area contributed by atoms with Crippen molar-refractivity contribution in [1.82, 2.24) is 30.5 Å². The summed E-state index contributed by atoms with van der Waals surface area (Å²) in [6.07, 6.45) is 2.21. The van der Waals surface area contributed by atoms with Gasteiger partial charge in [-0.1, -0.05) is 47.6 Å². The summed E-state index contributed by atoms with van der Waals surface area (Å²) in [5.41, 5.74) is 3.54. The van der Waals surface area contributed by atoms with Crippen LogP contribution in [0.3, 0.4) is 0 Å². The first-order valence-electron chi connectivity index (χ1n) is 11.9. The van der Waals surface area contributed by atoms with Gasteiger partial charge in [-0.2, -0.15) is 4.68 Å². The number of H-pyrrole nitrogens is 1. The van der Waals surface area contributed by atoms with Crippen molar-refractivity contribution in [3.05, 3.63) is 90.1 Å². The summed E-state index contributed by atoms with van der Waals surface area (Å²) < 4.78 is 13.3. The molecular weight excluding hydrogens is 472 g/mol. The van der Waals surface area contributed by atoms with E-state index in [0.29, 0.717) is 31.1 Å². The van der Waals surface area contributed by atoms with Gasteiger partial charge in [-0.25, -0.2) is 0 Å². The number of rotatable bonds is 11. The summed E-state index contributed by atoms with van der Waals surface area (Å²) >= 11 is 0. The van der Waals surface area contributed by atoms with Crippen LogP contribution in [0.25, 0.3) is 16.6 Å². The predicted molar refractivity (Wildman–Crippen MR) is 137 cm³/mol. The molecule has 10 heteroatoms. The van der Waals surface area contributed by atoms with Crippen molar-refractivity contribution in [2.45, 2.75) is 25.9 Å². The van der Waals surface area contributed by atoms with Crippen molar-refractivity contribution in [2.75, 3.05) is 6.61 Å². The Balaban J connectivity index is 1.31. The molecule has 0 aliphatic heterocycles. The van der Waals surface area contributed by atoms with Crippen LogP contribution in [0, 0.1) is 0 Å². The van der Waals surface area contributed by atoms with Crippen molar-refractivity contribution >= 4 is 16.9 Å². The fourth-order valence-corrected chi connectivity index (χ4v) is 4.10. The Labute approximate surface area is 212 Å². The average Bonchev–Trinajstić information content (AvgIpc) is 3.55. The van der Waals surface area contributed by atoms with Crippen LogP contribution in [0.2, 0.25) is 0 Å². The lowest BCUT2D eigenvalue weighted by molar-refractivity contribution is -0.139. The third-order valence-electron chi connectivity index (χ3n) is 5.90. The van der Waals surface area contributed by atoms with Crippen LogP contribution >= 0.6 is 0 Å². The molecule has 37 heavy (non-hydrogen) atoms. The number of hydrogen-bond donors (Lipinski definition) is 3. The number of aromatic nitrogens is 5. The molecule has 3 N–H and O–H groups in total. The smallest absolute Gasteiger partial charge is 0.346 e. The first kappa shape index (κ1) is 24.0. The number of aromatic amines is 1. The lowest BCUT2D eigenvalue weighted by Crippen LogP contribution is -2.38. The number of hydrogen-bond acceptors (Lipinski definition) is 7. The van der Waals surface area contributed by atoms with Gasteiger partial charge in [0.15, 0.2) is 11.5 Å². The molecule has 188 valence electrons. The SMILES string of the molecule is CCOc1cc(CNC(Cc2c[nH]c3ccccc23)C(=O)O)ccc1Oc1nnnn1-c1ccccc1. The minimum Gasteiger partial charge on any atom is -0.490 e. The number of para-hydroxylation sites is 2. The van der Waals surface area contributed by atoms with E-state index in [1.165, 1.54) is 4.68 Å². The number of aliphatic carboxylic acids is 1. The van der Waals surface area contributed by atoms with Gasteiger partial charge in [0.05, 0.1) is 12.3 Å². The highest BCUT2D eigenvalue weighted by Gasteiger charge is 2.20. The molecule has 5 rings (SSSR count). The number of carboxylic acids is 1. The van der Waals surface area contributed by atoms with Gasteiger partial charge in [-0.05, 0) is 58.8 Å². The standard InChI is InChI=1S/C27H26N6O4/c1-2-36-25-14-18(12-13-24(25)37-27-30-31-32-33(27)20-8-4-3-5-9-20)16-28-23(26(34)35)15-19-17-29-22-11-7-6-10-21(19)22/h3-14,17,23,28-29H,2,15-16H2,1H3,(H,34,35). The molecule has 1 unspecified atom stereocenters. The fourth-order valence-electron chi connectivity index (χ4n) is 4.10. The largest absolute Gasteiger partial charge is 0.490 e. The molecule has 0 aliphatic carbocycles. The van der Waals surface area contributed by atoms with E-state index in [9.17, 15) is 9.90 Å². The monoisotopic (exact) mass is 498 g/mol. The summed E-state index contributed by atoms with van der Waals surface area (Å²) in [6.45, 7) is 2.64. The summed E-state index contributed by atoms with van der Waals surface area (Å²) in [7, 11) is 0. The van der Waals surface area contributed by atoms with Crippen LogP contribution in [0.15, 0.2) is 79.0 Å². The highest BCUT2D eigenvalue weighted by molar-refractivity contribution is 5.84. The minimum absolute atomic E-state index is 0.197. The second kappa shape index (κ2) is 10.9. The Bertz CT molecular complexity index is 1500. The van der Waals surface area contributed by atoms with E-state index in [-0.39, 0.29) is 6.01 Å². The van der Waals surface area contributed by atoms with Crippen LogP contribution in [0.1, 0.15) is 18.1 Å². The minimum atomic E-state index is -0.914. The molecule has 3 aromatic carbocycles. The number of fused-ring (bicyclic) bond motifs is 1. The van der Waals surface area contributed by atoms with Crippen molar-refractivity contribution in [1.29, 1.82) is 0 Å². The lowest BCUT2D eigenvalue weighted by atomic mass is 10.0. The van der Waals surface area contributed by atoms with Gasteiger partial charge in [-0.15, -0.1) is 0 Å². The number of nitrogens with zero attached hydrogens (tertiary/aromatic N) is 4. The number of benzene rings is 3. The van der Waals surface area contributed by atoms with Gasteiger partial charge >= 0.3 is 12.0 Å². The molecule has 1 atom stereocenters. The Kier molecular flexibility index (Phi) is 7.09. The third-order valence-corrected chi connectivity index (χ3v) is 5.90. The number of nitrogens with one attached hydrogen (secondary N) is 2. The Hall–Kier alpha value is -4.70. The van der Waals surface area contributed by atoms with Gasteiger partial charge in [0, 0.05) is 30.1 Å². The molecule has 0 aliphatic rings. The van der Waals surface area contributed by atoms with Gasteiger partial charge in [-0.3, -0.25) is 4.79 Å². The lowest BCUT2D eigenvalue weighted by Gasteiger charge is -2.16. The number of tetrazole rings is 1. The zero-order chi connectivity index (χ0) is 25.6. The Morgan fingerprint density at radius 3 is 2.70 bits per heavy atom. The summed E-state index contributed by atoms with van der Waals surface area (Å²) in [5.74, 6) is 0.0436. The summed E-state index contributed by atoms with van der Waals surface area (Å²) in [4.78, 5) is 15.2. The van der Waals surface area contributed by atoms with E-state index >= 15 is 0 Å². The molecule has 0 bridgehead atoms. The predicted octanol–water partition coefficient (Wildman–Crippen LogP) is 4.12. The molecule has 2 heterocycles. The maximum Gasteiger partial charge on any atom is 0.346 e. The normalized spacial score (nSPS) is 11.9. The van der Waals surface area contributed by atoms with E-state index in [1.807, 2.05) is 79.9 Å².